The number of carbonyl (C=O) groups excluding carboxylic acids is 2. The topological polar surface area (TPSA) is 61.4 Å². The van der Waals surface area contributed by atoms with Gasteiger partial charge in [0, 0.05) is 13.1 Å². The zero-order chi connectivity index (χ0) is 16.1. The third-order valence-electron chi connectivity index (χ3n) is 3.66. The van der Waals surface area contributed by atoms with Crippen LogP contribution in [-0.4, -0.2) is 42.9 Å². The fraction of sp³-hybridized carbons (Fsp3) is 0.467. The van der Waals surface area contributed by atoms with Crippen LogP contribution in [-0.2, 0) is 9.59 Å². The van der Waals surface area contributed by atoms with Gasteiger partial charge in [-0.1, -0.05) is 6.07 Å². The molecule has 1 aliphatic heterocycles. The SMILES string of the molecule is CCN(CC(=O)Nc1c(F)cccc1F)C(=O)C1CCNC1.Cl. The van der Waals surface area contributed by atoms with Crippen molar-refractivity contribution in [2.45, 2.75) is 13.3 Å². The number of nitrogens with one attached hydrogen (secondary N) is 2. The Labute approximate surface area is 139 Å². The molecule has 0 aromatic heterocycles. The van der Waals surface area contributed by atoms with Crippen molar-refractivity contribution >= 4 is 29.9 Å². The normalized spacial score (nSPS) is 16.6. The highest BCUT2D eigenvalue weighted by atomic mass is 35.5. The number of nitrogens with zero attached hydrogens (tertiary/aromatic N) is 1. The third-order valence-corrected chi connectivity index (χ3v) is 3.66. The second-order valence-electron chi connectivity index (χ2n) is 5.19. The van der Waals surface area contributed by atoms with Gasteiger partial charge in [0.2, 0.25) is 11.8 Å². The van der Waals surface area contributed by atoms with E-state index in [-0.39, 0.29) is 30.8 Å². The summed E-state index contributed by atoms with van der Waals surface area (Å²) in [5, 5.41) is 5.28. The smallest absolute Gasteiger partial charge is 0.244 e. The van der Waals surface area contributed by atoms with E-state index < -0.39 is 23.2 Å². The van der Waals surface area contributed by atoms with Gasteiger partial charge >= 0.3 is 0 Å². The molecule has 1 heterocycles. The van der Waals surface area contributed by atoms with Gasteiger partial charge in [0.15, 0.2) is 0 Å². The van der Waals surface area contributed by atoms with E-state index in [1.165, 1.54) is 11.0 Å². The summed E-state index contributed by atoms with van der Waals surface area (Å²) in [5.41, 5.74) is -0.487. The number of para-hydroxylation sites is 1. The zero-order valence-electron chi connectivity index (χ0n) is 12.8. The Morgan fingerprint density at radius 3 is 2.52 bits per heavy atom. The molecule has 1 saturated heterocycles. The summed E-state index contributed by atoms with van der Waals surface area (Å²) >= 11 is 0. The second kappa shape index (κ2) is 8.79. The van der Waals surface area contributed by atoms with Crippen LogP contribution < -0.4 is 10.6 Å². The average molecular weight is 348 g/mol. The molecule has 2 amide bonds. The minimum absolute atomic E-state index is 0. The van der Waals surface area contributed by atoms with Crippen LogP contribution in [0.25, 0.3) is 0 Å². The Hall–Kier alpha value is -1.73. The van der Waals surface area contributed by atoms with E-state index >= 15 is 0 Å². The minimum Gasteiger partial charge on any atom is -0.333 e. The number of anilines is 1. The monoisotopic (exact) mass is 347 g/mol. The molecule has 0 bridgehead atoms. The van der Waals surface area contributed by atoms with Crippen molar-refractivity contribution in [1.82, 2.24) is 10.2 Å². The highest BCUT2D eigenvalue weighted by molar-refractivity contribution is 5.95. The van der Waals surface area contributed by atoms with E-state index in [2.05, 4.69) is 10.6 Å². The lowest BCUT2D eigenvalue weighted by Gasteiger charge is -2.23. The molecule has 2 rings (SSSR count). The summed E-state index contributed by atoms with van der Waals surface area (Å²) in [4.78, 5) is 25.6. The highest BCUT2D eigenvalue weighted by Gasteiger charge is 2.27. The van der Waals surface area contributed by atoms with E-state index in [0.29, 0.717) is 13.1 Å². The summed E-state index contributed by atoms with van der Waals surface area (Å²) in [5.74, 6) is -2.56. The molecular formula is C15H20ClF2N3O2. The van der Waals surface area contributed by atoms with Crippen LogP contribution in [0.2, 0.25) is 0 Å². The van der Waals surface area contributed by atoms with Crippen LogP contribution in [0, 0.1) is 17.6 Å². The molecule has 5 nitrogen and oxygen atoms in total. The van der Waals surface area contributed by atoms with Crippen LogP contribution >= 0.6 is 12.4 Å². The lowest BCUT2D eigenvalue weighted by Crippen LogP contribution is -2.41. The highest BCUT2D eigenvalue weighted by Crippen LogP contribution is 2.18. The molecule has 0 spiro atoms. The van der Waals surface area contributed by atoms with Crippen LogP contribution in [0.5, 0.6) is 0 Å². The van der Waals surface area contributed by atoms with Crippen molar-refractivity contribution in [2.75, 3.05) is 31.5 Å². The van der Waals surface area contributed by atoms with Crippen molar-refractivity contribution in [2.24, 2.45) is 5.92 Å². The van der Waals surface area contributed by atoms with Gasteiger partial charge in [0.05, 0.1) is 12.5 Å². The molecule has 1 aliphatic rings. The standard InChI is InChI=1S/C15H19F2N3O2.ClH/c1-2-20(15(22)10-6-7-18-8-10)9-13(21)19-14-11(16)4-3-5-12(14)17;/h3-5,10,18H,2,6-9H2,1H3,(H,19,21);1H. The average Bonchev–Trinajstić information content (AvgIpc) is 3.02. The number of hydrogen-bond donors (Lipinski definition) is 2. The molecule has 23 heavy (non-hydrogen) atoms. The van der Waals surface area contributed by atoms with E-state index in [9.17, 15) is 18.4 Å². The van der Waals surface area contributed by atoms with E-state index in [4.69, 9.17) is 0 Å². The fourth-order valence-corrected chi connectivity index (χ4v) is 2.44. The van der Waals surface area contributed by atoms with Gasteiger partial charge in [-0.3, -0.25) is 9.59 Å². The molecule has 1 aromatic carbocycles. The molecule has 128 valence electrons. The second-order valence-corrected chi connectivity index (χ2v) is 5.19. The number of benzene rings is 1. The van der Waals surface area contributed by atoms with Gasteiger partial charge in [-0.2, -0.15) is 0 Å². The molecule has 1 fully saturated rings. The first kappa shape index (κ1) is 19.3. The van der Waals surface area contributed by atoms with Crippen molar-refractivity contribution in [1.29, 1.82) is 0 Å². The van der Waals surface area contributed by atoms with E-state index in [0.717, 1.165) is 25.1 Å². The summed E-state index contributed by atoms with van der Waals surface area (Å²) < 4.78 is 27.0. The molecule has 0 aliphatic carbocycles. The van der Waals surface area contributed by atoms with Crippen molar-refractivity contribution < 1.29 is 18.4 Å². The van der Waals surface area contributed by atoms with E-state index in [1.807, 2.05) is 0 Å². The quantitative estimate of drug-likeness (QED) is 0.853. The number of carbonyl (C=O) groups is 2. The fourth-order valence-electron chi connectivity index (χ4n) is 2.44. The Morgan fingerprint density at radius 1 is 1.35 bits per heavy atom. The molecule has 0 radical (unpaired) electrons. The molecule has 0 saturated carbocycles. The van der Waals surface area contributed by atoms with Crippen LogP contribution in [0.3, 0.4) is 0 Å². The van der Waals surface area contributed by atoms with Gasteiger partial charge in [0.1, 0.15) is 17.3 Å². The molecule has 8 heteroatoms. The Kier molecular flexibility index (Phi) is 7.38. The predicted molar refractivity (Wildman–Crippen MR) is 85.5 cm³/mol. The summed E-state index contributed by atoms with van der Waals surface area (Å²) in [6, 6.07) is 3.34. The maximum absolute atomic E-state index is 13.5. The maximum atomic E-state index is 13.5. The van der Waals surface area contributed by atoms with Gasteiger partial charge < -0.3 is 15.5 Å². The number of hydrogen-bond acceptors (Lipinski definition) is 3. The Bertz CT molecular complexity index is 545. The minimum atomic E-state index is -0.845. The molecule has 2 N–H and O–H groups in total. The first-order valence-corrected chi connectivity index (χ1v) is 7.26. The van der Waals surface area contributed by atoms with Crippen LogP contribution in [0.4, 0.5) is 14.5 Å². The summed E-state index contributed by atoms with van der Waals surface area (Å²) in [6.07, 6.45) is 0.735. The summed E-state index contributed by atoms with van der Waals surface area (Å²) in [7, 11) is 0. The van der Waals surface area contributed by atoms with Crippen LogP contribution in [0.15, 0.2) is 18.2 Å². The lowest BCUT2D eigenvalue weighted by atomic mass is 10.1. The van der Waals surface area contributed by atoms with E-state index in [1.54, 1.807) is 6.92 Å². The number of rotatable bonds is 5. The molecule has 1 aromatic rings. The van der Waals surface area contributed by atoms with Gasteiger partial charge in [-0.15, -0.1) is 12.4 Å². The number of halogens is 3. The largest absolute Gasteiger partial charge is 0.333 e. The maximum Gasteiger partial charge on any atom is 0.244 e. The van der Waals surface area contributed by atoms with Gasteiger partial charge in [-0.05, 0) is 32.0 Å². The first-order valence-electron chi connectivity index (χ1n) is 7.26. The zero-order valence-corrected chi connectivity index (χ0v) is 13.6. The molecule has 1 unspecified atom stereocenters. The van der Waals surface area contributed by atoms with Crippen molar-refractivity contribution in [3.05, 3.63) is 29.8 Å². The molecular weight excluding hydrogens is 328 g/mol. The number of amides is 2. The predicted octanol–water partition coefficient (Wildman–Crippen LogP) is 1.78. The Balaban J connectivity index is 0.00000264. The summed E-state index contributed by atoms with van der Waals surface area (Å²) in [6.45, 7) is 3.28. The Morgan fingerprint density at radius 2 is 2.00 bits per heavy atom. The van der Waals surface area contributed by atoms with Crippen molar-refractivity contribution in [3.8, 4) is 0 Å². The lowest BCUT2D eigenvalue weighted by molar-refractivity contribution is -0.137. The third kappa shape index (κ3) is 4.87. The van der Waals surface area contributed by atoms with Crippen LogP contribution in [0.1, 0.15) is 13.3 Å². The van der Waals surface area contributed by atoms with Crippen molar-refractivity contribution in [3.63, 3.8) is 0 Å². The van der Waals surface area contributed by atoms with Gasteiger partial charge in [0.25, 0.3) is 0 Å². The number of likely N-dealkylation sites (N-methyl/N-ethyl adjacent to an activating group) is 1. The van der Waals surface area contributed by atoms with Gasteiger partial charge in [-0.25, -0.2) is 8.78 Å². The molecule has 1 atom stereocenters. The first-order chi connectivity index (χ1) is 10.5.